The van der Waals surface area contributed by atoms with E-state index in [-0.39, 0.29) is 0 Å². The largest absolute Gasteiger partial charge is 0.543 e. The number of fused-ring (bicyclic) bond motifs is 1. The van der Waals surface area contributed by atoms with Gasteiger partial charge in [0.05, 0.1) is 7.11 Å². The third-order valence-corrected chi connectivity index (χ3v) is 14.1. The second-order valence-corrected chi connectivity index (χ2v) is 16.9. The molecule has 0 atom stereocenters. The lowest BCUT2D eigenvalue weighted by Crippen LogP contribution is -2.50. The van der Waals surface area contributed by atoms with Crippen LogP contribution in [-0.2, 0) is 26.1 Å². The molecule has 0 spiro atoms. The van der Waals surface area contributed by atoms with Crippen LogP contribution < -0.4 is 13.9 Å². The molecule has 0 N–H and O–H groups in total. The molecule has 0 fully saturated rings. The number of ether oxygens (including phenoxy) is 2. The Bertz CT molecular complexity index is 1170. The summed E-state index contributed by atoms with van der Waals surface area (Å²) >= 11 is 0. The molecule has 0 saturated carbocycles. The predicted molar refractivity (Wildman–Crippen MR) is 160 cm³/mol. The van der Waals surface area contributed by atoms with Gasteiger partial charge < -0.3 is 13.9 Å². The fraction of sp³-hybridized carbons (Fsp3) is 0.455. The summed E-state index contributed by atoms with van der Waals surface area (Å²) in [5.41, 5.74) is 6.80. The lowest BCUT2D eigenvalue weighted by atomic mass is 9.98. The lowest BCUT2D eigenvalue weighted by molar-refractivity contribution is 0.242. The predicted octanol–water partition coefficient (Wildman–Crippen LogP) is 8.39. The number of rotatable bonds is 11. The van der Waals surface area contributed by atoms with Crippen LogP contribution in [-0.4, -0.2) is 26.9 Å². The van der Waals surface area contributed by atoms with Crippen molar-refractivity contribution in [1.82, 2.24) is 4.90 Å². The molecule has 0 amide bonds. The molecule has 0 aliphatic carbocycles. The second kappa shape index (κ2) is 12.4. The molecule has 0 aromatic heterocycles. The zero-order valence-corrected chi connectivity index (χ0v) is 25.3. The van der Waals surface area contributed by atoms with E-state index in [4.69, 9.17) is 13.9 Å². The molecule has 0 unspecified atom stereocenters. The van der Waals surface area contributed by atoms with Crippen molar-refractivity contribution in [2.24, 2.45) is 0 Å². The number of methoxy groups -OCH3 is 1. The Balaban J connectivity index is 1.46. The first-order chi connectivity index (χ1) is 18.2. The van der Waals surface area contributed by atoms with E-state index in [1.54, 1.807) is 7.11 Å². The summed E-state index contributed by atoms with van der Waals surface area (Å²) in [4.78, 5) is 2.52. The molecule has 0 radical (unpaired) electrons. The minimum absolute atomic E-state index is 0.537. The molecule has 5 heteroatoms. The minimum atomic E-state index is -1.98. The van der Waals surface area contributed by atoms with Gasteiger partial charge in [-0.2, -0.15) is 0 Å². The van der Waals surface area contributed by atoms with Gasteiger partial charge in [0, 0.05) is 19.6 Å². The average Bonchev–Trinajstić information content (AvgIpc) is 2.90. The first-order valence-corrected chi connectivity index (χ1v) is 16.2. The van der Waals surface area contributed by atoms with Crippen LogP contribution >= 0.6 is 0 Å². The Morgan fingerprint density at radius 2 is 1.42 bits per heavy atom. The van der Waals surface area contributed by atoms with Crippen LogP contribution in [0.5, 0.6) is 17.2 Å². The van der Waals surface area contributed by atoms with E-state index < -0.39 is 8.32 Å². The summed E-state index contributed by atoms with van der Waals surface area (Å²) in [6.07, 6.45) is 1.00. The summed E-state index contributed by atoms with van der Waals surface area (Å²) in [6, 6.07) is 23.4. The Morgan fingerprint density at radius 1 is 0.763 bits per heavy atom. The highest BCUT2D eigenvalue weighted by Gasteiger charge is 2.47. The fourth-order valence-corrected chi connectivity index (χ4v) is 11.5. The topological polar surface area (TPSA) is 30.9 Å². The van der Waals surface area contributed by atoms with E-state index in [0.29, 0.717) is 23.2 Å². The zero-order chi connectivity index (χ0) is 27.3. The van der Waals surface area contributed by atoms with Crippen molar-refractivity contribution in [3.63, 3.8) is 0 Å². The molecule has 1 aliphatic heterocycles. The normalized spacial score (nSPS) is 14.2. The highest BCUT2D eigenvalue weighted by molar-refractivity contribution is 6.78. The number of hydrogen-bond acceptors (Lipinski definition) is 4. The van der Waals surface area contributed by atoms with E-state index >= 15 is 0 Å². The van der Waals surface area contributed by atoms with Crippen LogP contribution in [0.4, 0.5) is 0 Å². The maximum atomic E-state index is 6.96. The van der Waals surface area contributed by atoms with Crippen LogP contribution in [0.2, 0.25) is 16.6 Å². The third kappa shape index (κ3) is 6.27. The zero-order valence-electron chi connectivity index (χ0n) is 24.3. The monoisotopic (exact) mass is 531 g/mol. The summed E-state index contributed by atoms with van der Waals surface area (Å²) in [5.74, 6) is 2.65. The molecule has 1 heterocycles. The number of nitrogens with zero attached hydrogens (tertiary/aromatic N) is 1. The molecule has 3 aromatic rings. The van der Waals surface area contributed by atoms with Crippen molar-refractivity contribution in [3.05, 3.63) is 89.0 Å². The van der Waals surface area contributed by atoms with Crippen LogP contribution in [0, 0.1) is 0 Å². The van der Waals surface area contributed by atoms with Gasteiger partial charge in [0.25, 0.3) is 8.32 Å². The first kappa shape index (κ1) is 28.3. The van der Waals surface area contributed by atoms with Crippen molar-refractivity contribution in [2.75, 3.05) is 13.7 Å². The van der Waals surface area contributed by atoms with Gasteiger partial charge in [-0.15, -0.1) is 0 Å². The van der Waals surface area contributed by atoms with E-state index in [2.05, 4.69) is 95.0 Å². The Morgan fingerprint density at radius 3 is 2.08 bits per heavy atom. The summed E-state index contributed by atoms with van der Waals surface area (Å²) < 4.78 is 18.8. The van der Waals surface area contributed by atoms with E-state index in [1.165, 1.54) is 16.7 Å². The quantitative estimate of drug-likeness (QED) is 0.233. The van der Waals surface area contributed by atoms with Crippen LogP contribution in [0.25, 0.3) is 0 Å². The third-order valence-electron chi connectivity index (χ3n) is 8.12. The fourth-order valence-electron chi connectivity index (χ4n) is 6.29. The van der Waals surface area contributed by atoms with Crippen molar-refractivity contribution < 1.29 is 13.9 Å². The van der Waals surface area contributed by atoms with E-state index in [0.717, 1.165) is 48.9 Å². The van der Waals surface area contributed by atoms with Crippen LogP contribution in [0.1, 0.15) is 63.8 Å². The molecule has 3 aromatic carbocycles. The van der Waals surface area contributed by atoms with Gasteiger partial charge in [0.2, 0.25) is 0 Å². The summed E-state index contributed by atoms with van der Waals surface area (Å²) in [5, 5.41) is 0. The molecule has 1 aliphatic rings. The molecule has 4 rings (SSSR count). The van der Waals surface area contributed by atoms with Gasteiger partial charge in [0.15, 0.2) is 11.5 Å². The van der Waals surface area contributed by atoms with Gasteiger partial charge in [0.1, 0.15) is 12.4 Å². The Hall–Kier alpha value is -2.76. The molecule has 0 saturated heterocycles. The van der Waals surface area contributed by atoms with Gasteiger partial charge in [-0.3, -0.25) is 4.90 Å². The Labute approximate surface area is 231 Å². The maximum Gasteiger partial charge on any atom is 0.258 e. The number of benzene rings is 3. The minimum Gasteiger partial charge on any atom is -0.543 e. The highest BCUT2D eigenvalue weighted by Crippen LogP contribution is 2.43. The highest BCUT2D eigenvalue weighted by atomic mass is 28.4. The second-order valence-electron chi connectivity index (χ2n) is 11.6. The average molecular weight is 532 g/mol. The molecule has 4 nitrogen and oxygen atoms in total. The lowest BCUT2D eigenvalue weighted by Gasteiger charge is -2.42. The molecular formula is C33H45NO3Si. The van der Waals surface area contributed by atoms with Crippen molar-refractivity contribution in [3.8, 4) is 17.2 Å². The van der Waals surface area contributed by atoms with Gasteiger partial charge >= 0.3 is 0 Å². The van der Waals surface area contributed by atoms with Gasteiger partial charge in [-0.1, -0.05) is 84.0 Å². The SMILES string of the molecule is COc1cc2c(cc1OCc1ccccc1)CCN(Cc1cccc(O[Si](C(C)C)(C(C)C)C(C)C)c1)C2. The number of hydrogen-bond donors (Lipinski definition) is 0. The van der Waals surface area contributed by atoms with E-state index in [1.807, 2.05) is 18.2 Å². The van der Waals surface area contributed by atoms with Crippen LogP contribution in [0.15, 0.2) is 66.7 Å². The summed E-state index contributed by atoms with van der Waals surface area (Å²) in [6.45, 7) is 17.4. The molecule has 0 bridgehead atoms. The van der Waals surface area contributed by atoms with Crippen molar-refractivity contribution in [1.29, 1.82) is 0 Å². The van der Waals surface area contributed by atoms with Gasteiger partial charge in [-0.05, 0) is 69.6 Å². The molecule has 204 valence electrons. The maximum absolute atomic E-state index is 6.96. The Kier molecular flexibility index (Phi) is 9.22. The van der Waals surface area contributed by atoms with Crippen molar-refractivity contribution >= 4 is 8.32 Å². The first-order valence-electron chi connectivity index (χ1n) is 14.1. The standard InChI is InChI=1S/C33H45NO3Si/c1-24(2)38(25(3)4,26(5)6)37-31-15-11-14-28(18-31)21-34-17-16-29-19-33(32(35-7)20-30(29)22-34)36-23-27-12-9-8-10-13-27/h8-15,18-20,24-26H,16-17,21-23H2,1-7H3. The molecular weight excluding hydrogens is 486 g/mol. The summed E-state index contributed by atoms with van der Waals surface area (Å²) in [7, 11) is -0.255. The van der Waals surface area contributed by atoms with Gasteiger partial charge in [-0.25, -0.2) is 0 Å². The van der Waals surface area contributed by atoms with Crippen molar-refractivity contribution in [2.45, 2.75) is 84.3 Å². The smallest absolute Gasteiger partial charge is 0.258 e. The van der Waals surface area contributed by atoms with Crippen LogP contribution in [0.3, 0.4) is 0 Å². The van der Waals surface area contributed by atoms with E-state index in [9.17, 15) is 0 Å². The molecule has 38 heavy (non-hydrogen) atoms.